The van der Waals surface area contributed by atoms with Crippen LogP contribution in [0.25, 0.3) is 0 Å². The van der Waals surface area contributed by atoms with Crippen LogP contribution in [0.3, 0.4) is 0 Å². The number of benzene rings is 1. The number of amides is 2. The molecule has 4 heterocycles. The number of rotatable bonds is 5. The molecule has 3 fully saturated rings. The van der Waals surface area contributed by atoms with Gasteiger partial charge in [-0.1, -0.05) is 17.8 Å². The van der Waals surface area contributed by atoms with Gasteiger partial charge in [-0.2, -0.15) is 0 Å². The third-order valence-corrected chi connectivity index (χ3v) is 7.86. The fraction of sp³-hybridized carbons (Fsp3) is 0.429. The van der Waals surface area contributed by atoms with Gasteiger partial charge in [-0.15, -0.1) is 11.3 Å². The summed E-state index contributed by atoms with van der Waals surface area (Å²) in [6.07, 6.45) is 2.37. The average molecular weight is 416 g/mol. The Morgan fingerprint density at radius 1 is 1.18 bits per heavy atom. The topological polar surface area (TPSA) is 61.4 Å². The molecule has 5 nitrogen and oxygen atoms in total. The second kappa shape index (κ2) is 8.27. The Balaban J connectivity index is 1.40. The third-order valence-electron chi connectivity index (χ3n) is 5.65. The first-order valence-electron chi connectivity index (χ1n) is 9.70. The Hall–Kier alpha value is -1.83. The number of hydrogen-bond donors (Lipinski definition) is 2. The number of anilines is 1. The normalized spacial score (nSPS) is 26.1. The third kappa shape index (κ3) is 4.26. The van der Waals surface area contributed by atoms with Gasteiger partial charge in [-0.25, -0.2) is 0 Å². The van der Waals surface area contributed by atoms with Gasteiger partial charge in [0, 0.05) is 29.6 Å². The second-order valence-corrected chi connectivity index (χ2v) is 10.0. The van der Waals surface area contributed by atoms with Crippen molar-refractivity contribution in [3.63, 3.8) is 0 Å². The van der Waals surface area contributed by atoms with E-state index >= 15 is 0 Å². The number of fused-ring (bicyclic) bond motifs is 3. The van der Waals surface area contributed by atoms with E-state index in [4.69, 9.17) is 0 Å². The van der Waals surface area contributed by atoms with E-state index in [2.05, 4.69) is 22.5 Å². The largest absolute Gasteiger partial charge is 0.347 e. The maximum absolute atomic E-state index is 12.8. The van der Waals surface area contributed by atoms with Crippen LogP contribution >= 0.6 is 23.1 Å². The molecule has 0 saturated carbocycles. The first-order valence-corrected chi connectivity index (χ1v) is 11.3. The predicted molar refractivity (Wildman–Crippen MR) is 114 cm³/mol. The second-order valence-electron chi connectivity index (χ2n) is 7.54. The lowest BCUT2D eigenvalue weighted by atomic mass is 9.79. The molecule has 3 saturated heterocycles. The van der Waals surface area contributed by atoms with E-state index in [9.17, 15) is 9.59 Å². The molecule has 0 radical (unpaired) electrons. The monoisotopic (exact) mass is 415 g/mol. The van der Waals surface area contributed by atoms with E-state index in [-0.39, 0.29) is 17.9 Å². The fourth-order valence-corrected chi connectivity index (χ4v) is 6.29. The summed E-state index contributed by atoms with van der Waals surface area (Å²) in [5.41, 5.74) is 0.781. The van der Waals surface area contributed by atoms with Gasteiger partial charge in [0.1, 0.15) is 0 Å². The number of nitrogens with one attached hydrogen (secondary N) is 2. The maximum Gasteiger partial charge on any atom is 0.261 e. The molecule has 1 aromatic heterocycles. The number of carbonyl (C=O) groups is 2. The number of nitrogens with zero attached hydrogens (tertiary/aromatic N) is 1. The van der Waals surface area contributed by atoms with Crippen molar-refractivity contribution in [2.24, 2.45) is 5.92 Å². The average Bonchev–Trinajstić information content (AvgIpc) is 3.13. The number of piperidine rings is 3. The highest BCUT2D eigenvalue weighted by Gasteiger charge is 2.40. The molecular weight excluding hydrogens is 390 g/mol. The number of hydrogen-bond acceptors (Lipinski definition) is 5. The van der Waals surface area contributed by atoms with Gasteiger partial charge in [0.05, 0.1) is 9.09 Å². The van der Waals surface area contributed by atoms with E-state index in [0.29, 0.717) is 12.0 Å². The predicted octanol–water partition coefficient (Wildman–Crippen LogP) is 4.07. The molecule has 2 bridgehead atoms. The first kappa shape index (κ1) is 19.5. The SMILES string of the molecule is CC(=O)Nc1cccc(Sc2ccc(C(=O)N[C@@H]3C4CCN(CC4)[C@@H]3C)s2)c1. The fourth-order valence-electron chi connectivity index (χ4n) is 4.22. The molecule has 1 aromatic carbocycles. The van der Waals surface area contributed by atoms with Crippen molar-refractivity contribution in [2.75, 3.05) is 18.4 Å². The molecule has 2 aromatic rings. The van der Waals surface area contributed by atoms with Crippen molar-refractivity contribution in [2.45, 2.75) is 47.9 Å². The minimum absolute atomic E-state index is 0.0365. The lowest BCUT2D eigenvalue weighted by Crippen LogP contribution is -2.62. The highest BCUT2D eigenvalue weighted by molar-refractivity contribution is 8.01. The summed E-state index contributed by atoms with van der Waals surface area (Å²) in [6.45, 7) is 6.05. The van der Waals surface area contributed by atoms with E-state index in [1.165, 1.54) is 31.1 Å². The lowest BCUT2D eigenvalue weighted by molar-refractivity contribution is -0.114. The van der Waals surface area contributed by atoms with Gasteiger partial charge in [-0.05, 0) is 69.1 Å². The van der Waals surface area contributed by atoms with Crippen molar-refractivity contribution < 1.29 is 9.59 Å². The van der Waals surface area contributed by atoms with Crippen molar-refractivity contribution in [1.29, 1.82) is 0 Å². The summed E-state index contributed by atoms with van der Waals surface area (Å²) in [5, 5.41) is 6.10. The zero-order valence-electron chi connectivity index (χ0n) is 16.1. The zero-order valence-corrected chi connectivity index (χ0v) is 17.7. The van der Waals surface area contributed by atoms with Crippen molar-refractivity contribution in [3.05, 3.63) is 41.3 Å². The van der Waals surface area contributed by atoms with Crippen LogP contribution in [0.5, 0.6) is 0 Å². The molecule has 0 spiro atoms. The molecule has 28 heavy (non-hydrogen) atoms. The Bertz CT molecular complexity index is 872. The van der Waals surface area contributed by atoms with Gasteiger partial charge in [0.25, 0.3) is 5.91 Å². The van der Waals surface area contributed by atoms with Gasteiger partial charge in [-0.3, -0.25) is 14.5 Å². The van der Waals surface area contributed by atoms with Crippen LogP contribution in [0, 0.1) is 5.92 Å². The minimum Gasteiger partial charge on any atom is -0.347 e. The molecule has 3 aliphatic rings. The molecule has 2 N–H and O–H groups in total. The summed E-state index contributed by atoms with van der Waals surface area (Å²) in [5.74, 6) is 0.558. The number of carbonyl (C=O) groups excluding carboxylic acids is 2. The van der Waals surface area contributed by atoms with Gasteiger partial charge < -0.3 is 10.6 Å². The van der Waals surface area contributed by atoms with Crippen LogP contribution in [-0.4, -0.2) is 41.9 Å². The molecule has 0 unspecified atom stereocenters. The molecule has 5 rings (SSSR count). The smallest absolute Gasteiger partial charge is 0.261 e. The van der Waals surface area contributed by atoms with Crippen LogP contribution < -0.4 is 10.6 Å². The minimum atomic E-state index is -0.0841. The quantitative estimate of drug-likeness (QED) is 0.773. The van der Waals surface area contributed by atoms with Crippen LogP contribution in [0.15, 0.2) is 45.5 Å². The van der Waals surface area contributed by atoms with E-state index in [0.717, 1.165) is 32.8 Å². The summed E-state index contributed by atoms with van der Waals surface area (Å²) in [7, 11) is 0. The van der Waals surface area contributed by atoms with E-state index in [1.807, 2.05) is 36.4 Å². The van der Waals surface area contributed by atoms with Crippen LogP contribution in [0.2, 0.25) is 0 Å². The highest BCUT2D eigenvalue weighted by atomic mass is 32.2. The molecule has 2 amide bonds. The zero-order chi connectivity index (χ0) is 19.7. The molecular formula is C21H25N3O2S2. The van der Waals surface area contributed by atoms with Crippen LogP contribution in [0.4, 0.5) is 5.69 Å². The standard InChI is InChI=1S/C21H25N3O2S2/c1-13-20(15-8-10-24(13)11-9-15)23-21(26)18-6-7-19(28-18)27-17-5-3-4-16(12-17)22-14(2)25/h3-7,12-13,15,20H,8-11H2,1-2H3,(H,22,25)(H,23,26)/t13-,20+/m1/s1. The van der Waals surface area contributed by atoms with E-state index < -0.39 is 0 Å². The maximum atomic E-state index is 12.8. The van der Waals surface area contributed by atoms with E-state index in [1.54, 1.807) is 11.8 Å². The van der Waals surface area contributed by atoms with Crippen LogP contribution in [0.1, 0.15) is 36.4 Å². The Labute approximate surface area is 173 Å². The lowest BCUT2D eigenvalue weighted by Gasteiger charge is -2.49. The molecule has 3 aliphatic heterocycles. The highest BCUT2D eigenvalue weighted by Crippen LogP contribution is 2.35. The van der Waals surface area contributed by atoms with Crippen LogP contribution in [-0.2, 0) is 4.79 Å². The number of thiophene rings is 1. The molecule has 7 heteroatoms. The molecule has 148 valence electrons. The Morgan fingerprint density at radius 2 is 1.96 bits per heavy atom. The van der Waals surface area contributed by atoms with Gasteiger partial charge in [0.15, 0.2) is 0 Å². The Morgan fingerprint density at radius 3 is 2.68 bits per heavy atom. The van der Waals surface area contributed by atoms with Crippen molar-refractivity contribution in [3.8, 4) is 0 Å². The summed E-state index contributed by atoms with van der Waals surface area (Å²) >= 11 is 3.12. The van der Waals surface area contributed by atoms with Crippen molar-refractivity contribution >= 4 is 40.6 Å². The van der Waals surface area contributed by atoms with Gasteiger partial charge >= 0.3 is 0 Å². The Kier molecular flexibility index (Phi) is 5.75. The molecule has 2 atom stereocenters. The first-order chi connectivity index (χ1) is 13.5. The summed E-state index contributed by atoms with van der Waals surface area (Å²) in [4.78, 5) is 28.3. The summed E-state index contributed by atoms with van der Waals surface area (Å²) in [6, 6.07) is 12.3. The summed E-state index contributed by atoms with van der Waals surface area (Å²) < 4.78 is 1.06. The van der Waals surface area contributed by atoms with Gasteiger partial charge in [0.2, 0.25) is 5.91 Å². The van der Waals surface area contributed by atoms with Crippen molar-refractivity contribution in [1.82, 2.24) is 10.2 Å². The molecule has 0 aliphatic carbocycles.